The molecule has 0 saturated heterocycles. The van der Waals surface area contributed by atoms with Gasteiger partial charge < -0.3 is 11.5 Å². The van der Waals surface area contributed by atoms with Crippen LogP contribution in [0.25, 0.3) is 0 Å². The van der Waals surface area contributed by atoms with Crippen molar-refractivity contribution in [3.63, 3.8) is 0 Å². The fraction of sp³-hybridized carbons (Fsp3) is 0.200. The van der Waals surface area contributed by atoms with Crippen molar-refractivity contribution in [2.24, 2.45) is 17.4 Å². The molecule has 1 atom stereocenters. The van der Waals surface area contributed by atoms with Gasteiger partial charge in [0.1, 0.15) is 5.84 Å². The number of nitrogens with two attached hydrogens (primary N) is 2. The van der Waals surface area contributed by atoms with E-state index in [1.807, 2.05) is 0 Å². The third-order valence-corrected chi connectivity index (χ3v) is 2.74. The van der Waals surface area contributed by atoms with E-state index in [-0.39, 0.29) is 12.3 Å². The van der Waals surface area contributed by atoms with E-state index in [0.29, 0.717) is 15.6 Å². The van der Waals surface area contributed by atoms with Crippen LogP contribution >= 0.6 is 23.2 Å². The first-order valence-corrected chi connectivity index (χ1v) is 5.24. The van der Waals surface area contributed by atoms with Crippen LogP contribution in [-0.2, 0) is 11.2 Å². The minimum Gasteiger partial charge on any atom is -0.387 e. The second-order valence-electron chi connectivity index (χ2n) is 3.35. The summed E-state index contributed by atoms with van der Waals surface area (Å²) in [6, 6.07) is 4.90. The van der Waals surface area contributed by atoms with Crippen molar-refractivity contribution in [3.8, 4) is 0 Å². The number of nitrogens with one attached hydrogen (secondary N) is 1. The van der Waals surface area contributed by atoms with Crippen LogP contribution in [0.15, 0.2) is 18.2 Å². The SMILES string of the molecule is N=C(N)C(Cc1ccc(Cl)cc1Cl)C(N)=O. The van der Waals surface area contributed by atoms with Gasteiger partial charge in [-0.25, -0.2) is 0 Å². The number of primary amides is 1. The number of carbonyl (C=O) groups is 1. The Morgan fingerprint density at radius 3 is 2.44 bits per heavy atom. The monoisotopic (exact) mass is 259 g/mol. The maximum atomic E-state index is 11.1. The first-order chi connectivity index (χ1) is 7.41. The molecule has 0 spiro atoms. The number of hydrogen-bond acceptors (Lipinski definition) is 2. The zero-order chi connectivity index (χ0) is 12.3. The highest BCUT2D eigenvalue weighted by Crippen LogP contribution is 2.23. The quantitative estimate of drug-likeness (QED) is 0.566. The third-order valence-electron chi connectivity index (χ3n) is 2.16. The molecule has 1 amide bonds. The number of hydrogen-bond donors (Lipinski definition) is 3. The molecule has 0 radical (unpaired) electrons. The van der Waals surface area contributed by atoms with Crippen LogP contribution in [0.1, 0.15) is 5.56 Å². The highest BCUT2D eigenvalue weighted by atomic mass is 35.5. The van der Waals surface area contributed by atoms with Gasteiger partial charge in [-0.3, -0.25) is 10.2 Å². The Morgan fingerprint density at radius 1 is 1.38 bits per heavy atom. The molecule has 0 aliphatic carbocycles. The summed E-state index contributed by atoms with van der Waals surface area (Å²) in [5, 5.41) is 8.19. The van der Waals surface area contributed by atoms with E-state index in [9.17, 15) is 4.79 Å². The highest BCUT2D eigenvalue weighted by Gasteiger charge is 2.20. The zero-order valence-electron chi connectivity index (χ0n) is 8.34. The molecule has 1 rings (SSSR count). The van der Waals surface area contributed by atoms with E-state index in [2.05, 4.69) is 0 Å². The molecule has 0 heterocycles. The molecule has 0 bridgehead atoms. The van der Waals surface area contributed by atoms with E-state index in [1.54, 1.807) is 18.2 Å². The van der Waals surface area contributed by atoms with Crippen molar-refractivity contribution in [1.82, 2.24) is 0 Å². The normalized spacial score (nSPS) is 12.1. The average Bonchev–Trinajstić information content (AvgIpc) is 2.15. The van der Waals surface area contributed by atoms with Gasteiger partial charge in [0, 0.05) is 10.0 Å². The summed E-state index contributed by atoms with van der Waals surface area (Å²) in [6.45, 7) is 0. The van der Waals surface area contributed by atoms with Gasteiger partial charge in [-0.05, 0) is 24.1 Å². The molecule has 1 aromatic carbocycles. The van der Waals surface area contributed by atoms with Gasteiger partial charge in [0.25, 0.3) is 0 Å². The van der Waals surface area contributed by atoms with Crippen LogP contribution in [-0.4, -0.2) is 11.7 Å². The first kappa shape index (κ1) is 12.8. The lowest BCUT2D eigenvalue weighted by atomic mass is 9.98. The van der Waals surface area contributed by atoms with Crippen LogP contribution in [0.3, 0.4) is 0 Å². The molecule has 0 aliphatic heterocycles. The van der Waals surface area contributed by atoms with Crippen LogP contribution in [0.4, 0.5) is 0 Å². The molecule has 16 heavy (non-hydrogen) atoms. The Hall–Kier alpha value is -1.26. The Balaban J connectivity index is 2.94. The average molecular weight is 260 g/mol. The summed E-state index contributed by atoms with van der Waals surface area (Å²) in [7, 11) is 0. The molecule has 6 heteroatoms. The third kappa shape index (κ3) is 3.12. The maximum Gasteiger partial charge on any atom is 0.228 e. The molecule has 0 fully saturated rings. The van der Waals surface area contributed by atoms with Gasteiger partial charge >= 0.3 is 0 Å². The number of amidine groups is 1. The summed E-state index contributed by atoms with van der Waals surface area (Å²) >= 11 is 11.7. The van der Waals surface area contributed by atoms with Crippen LogP contribution < -0.4 is 11.5 Å². The molecule has 86 valence electrons. The van der Waals surface area contributed by atoms with Gasteiger partial charge in [0.05, 0.1) is 5.92 Å². The Bertz CT molecular complexity index is 420. The van der Waals surface area contributed by atoms with E-state index < -0.39 is 11.8 Å². The number of carbonyl (C=O) groups excluding carboxylic acids is 1. The second-order valence-corrected chi connectivity index (χ2v) is 4.19. The van der Waals surface area contributed by atoms with E-state index in [0.717, 1.165) is 0 Å². The van der Waals surface area contributed by atoms with Crippen molar-refractivity contribution in [2.45, 2.75) is 6.42 Å². The summed E-state index contributed by atoms with van der Waals surface area (Å²) in [5.41, 5.74) is 11.1. The summed E-state index contributed by atoms with van der Waals surface area (Å²) in [4.78, 5) is 11.1. The van der Waals surface area contributed by atoms with Gasteiger partial charge in [-0.2, -0.15) is 0 Å². The Morgan fingerprint density at radius 2 is 2.00 bits per heavy atom. The van der Waals surface area contributed by atoms with Crippen molar-refractivity contribution in [1.29, 1.82) is 5.41 Å². The van der Waals surface area contributed by atoms with Crippen LogP contribution in [0.5, 0.6) is 0 Å². The smallest absolute Gasteiger partial charge is 0.228 e. The van der Waals surface area contributed by atoms with E-state index >= 15 is 0 Å². The highest BCUT2D eigenvalue weighted by molar-refractivity contribution is 6.35. The van der Waals surface area contributed by atoms with Crippen molar-refractivity contribution in [3.05, 3.63) is 33.8 Å². The molecule has 4 nitrogen and oxygen atoms in total. The van der Waals surface area contributed by atoms with Gasteiger partial charge in [-0.1, -0.05) is 29.3 Å². The summed E-state index contributed by atoms with van der Waals surface area (Å²) in [6.07, 6.45) is 0.209. The molecular formula is C10H11Cl2N3O. The maximum absolute atomic E-state index is 11.1. The standard InChI is InChI=1S/C10H11Cl2N3O/c11-6-2-1-5(8(12)4-6)3-7(9(13)14)10(15)16/h1-2,4,7H,3H2,(H3,13,14)(H2,15,16). The topological polar surface area (TPSA) is 93.0 Å². The predicted octanol–water partition coefficient (Wildman–Crippen LogP) is 1.57. The Kier molecular flexibility index (Phi) is 4.15. The fourth-order valence-electron chi connectivity index (χ4n) is 1.27. The molecule has 1 unspecified atom stereocenters. The zero-order valence-corrected chi connectivity index (χ0v) is 9.85. The van der Waals surface area contributed by atoms with Crippen LogP contribution in [0, 0.1) is 11.3 Å². The molecule has 0 saturated carbocycles. The molecule has 0 aromatic heterocycles. The van der Waals surface area contributed by atoms with Crippen molar-refractivity contribution < 1.29 is 4.79 Å². The van der Waals surface area contributed by atoms with Crippen molar-refractivity contribution >= 4 is 34.9 Å². The molecule has 5 N–H and O–H groups in total. The van der Waals surface area contributed by atoms with E-state index in [1.165, 1.54) is 0 Å². The van der Waals surface area contributed by atoms with Gasteiger partial charge in [0.2, 0.25) is 5.91 Å². The number of benzene rings is 1. The molecular weight excluding hydrogens is 249 g/mol. The minimum atomic E-state index is -0.835. The summed E-state index contributed by atoms with van der Waals surface area (Å²) < 4.78 is 0. The second kappa shape index (κ2) is 5.18. The molecule has 1 aromatic rings. The predicted molar refractivity (Wildman–Crippen MR) is 64.8 cm³/mol. The van der Waals surface area contributed by atoms with Gasteiger partial charge in [0.15, 0.2) is 0 Å². The fourth-order valence-corrected chi connectivity index (χ4v) is 1.76. The number of amides is 1. The lowest BCUT2D eigenvalue weighted by Gasteiger charge is -2.12. The van der Waals surface area contributed by atoms with E-state index in [4.69, 9.17) is 40.1 Å². The van der Waals surface area contributed by atoms with Crippen LogP contribution in [0.2, 0.25) is 10.0 Å². The molecule has 0 aliphatic rings. The lowest BCUT2D eigenvalue weighted by molar-refractivity contribution is -0.119. The lowest BCUT2D eigenvalue weighted by Crippen LogP contribution is -2.36. The number of halogens is 2. The van der Waals surface area contributed by atoms with Gasteiger partial charge in [-0.15, -0.1) is 0 Å². The summed E-state index contributed by atoms with van der Waals surface area (Å²) in [5.74, 6) is -1.74. The Labute approximate surface area is 103 Å². The first-order valence-electron chi connectivity index (χ1n) is 4.49. The number of rotatable bonds is 4. The largest absolute Gasteiger partial charge is 0.387 e. The minimum absolute atomic E-state index is 0.209. The van der Waals surface area contributed by atoms with Crippen molar-refractivity contribution in [2.75, 3.05) is 0 Å².